The zero-order chi connectivity index (χ0) is 22.4. The van der Waals surface area contributed by atoms with Crippen LogP contribution >= 0.6 is 0 Å². The molecule has 0 N–H and O–H groups in total. The highest BCUT2D eigenvalue weighted by Crippen LogP contribution is 2.68. The maximum atomic E-state index is 11.9. The molecule has 178 valence electrons. The van der Waals surface area contributed by atoms with Crippen molar-refractivity contribution in [1.82, 2.24) is 0 Å². The van der Waals surface area contributed by atoms with Crippen LogP contribution in [0.3, 0.4) is 0 Å². The maximum absolute atomic E-state index is 11.9. The van der Waals surface area contributed by atoms with Crippen LogP contribution in [0.25, 0.3) is 0 Å². The minimum absolute atomic E-state index is 0.0641. The maximum Gasteiger partial charge on any atom is 0.302 e. The van der Waals surface area contributed by atoms with E-state index >= 15 is 0 Å². The Morgan fingerprint density at radius 3 is 2.42 bits per heavy atom. The summed E-state index contributed by atoms with van der Waals surface area (Å²) in [6.45, 7) is 14.1. The average Bonchev–Trinajstić information content (AvgIpc) is 3.05. The molecule has 0 amide bonds. The van der Waals surface area contributed by atoms with Crippen molar-refractivity contribution in [2.75, 3.05) is 0 Å². The van der Waals surface area contributed by atoms with Crippen molar-refractivity contribution in [3.05, 3.63) is 0 Å². The standard InChI is InChI=1S/C29H50O2/c1-19(2)9-7-10-20(3)24-15-16-25-23-14-13-22-11-8-12-27(31-21(4)30)29(22,6)26(23)17-18-28(24,25)5/h19-20,22-27H,7-18H2,1-6H3/t20-,22+,23+,24-,25+,26+,27?,28-,29+/m1/s1. The summed E-state index contributed by atoms with van der Waals surface area (Å²) in [4.78, 5) is 11.9. The van der Waals surface area contributed by atoms with Crippen molar-refractivity contribution in [2.24, 2.45) is 52.3 Å². The van der Waals surface area contributed by atoms with Gasteiger partial charge in [-0.05, 0) is 105 Å². The van der Waals surface area contributed by atoms with Gasteiger partial charge in [0, 0.05) is 12.3 Å². The summed E-state index contributed by atoms with van der Waals surface area (Å²) in [7, 11) is 0. The largest absolute Gasteiger partial charge is 0.462 e. The molecule has 0 bridgehead atoms. The predicted octanol–water partition coefficient (Wildman–Crippen LogP) is 8.04. The topological polar surface area (TPSA) is 26.3 Å². The van der Waals surface area contributed by atoms with Gasteiger partial charge in [0.15, 0.2) is 0 Å². The van der Waals surface area contributed by atoms with E-state index in [0.29, 0.717) is 5.41 Å². The molecule has 0 aromatic carbocycles. The van der Waals surface area contributed by atoms with Crippen LogP contribution in [-0.4, -0.2) is 12.1 Å². The van der Waals surface area contributed by atoms with Crippen LogP contribution in [0.15, 0.2) is 0 Å². The molecule has 4 saturated carbocycles. The van der Waals surface area contributed by atoms with Gasteiger partial charge in [-0.2, -0.15) is 0 Å². The number of fused-ring (bicyclic) bond motifs is 5. The lowest BCUT2D eigenvalue weighted by Crippen LogP contribution is -2.58. The van der Waals surface area contributed by atoms with Gasteiger partial charge in [-0.3, -0.25) is 4.79 Å². The summed E-state index contributed by atoms with van der Waals surface area (Å²) in [5.74, 6) is 5.88. The Morgan fingerprint density at radius 2 is 1.71 bits per heavy atom. The second-order valence-corrected chi connectivity index (χ2v) is 13.1. The highest BCUT2D eigenvalue weighted by atomic mass is 16.5. The summed E-state index contributed by atoms with van der Waals surface area (Å²) in [5, 5.41) is 0. The summed E-state index contributed by atoms with van der Waals surface area (Å²) < 4.78 is 6.03. The zero-order valence-electron chi connectivity index (χ0n) is 21.4. The molecule has 2 heteroatoms. The van der Waals surface area contributed by atoms with E-state index in [9.17, 15) is 4.79 Å². The van der Waals surface area contributed by atoms with Gasteiger partial charge < -0.3 is 4.74 Å². The normalized spacial score (nSPS) is 45.5. The summed E-state index contributed by atoms with van der Waals surface area (Å²) in [6, 6.07) is 0. The molecule has 0 spiro atoms. The van der Waals surface area contributed by atoms with Crippen molar-refractivity contribution in [2.45, 2.75) is 125 Å². The summed E-state index contributed by atoms with van der Waals surface area (Å²) in [5.41, 5.74) is 0.766. The first kappa shape index (κ1) is 23.6. The molecule has 0 saturated heterocycles. The van der Waals surface area contributed by atoms with E-state index in [1.807, 2.05) is 0 Å². The van der Waals surface area contributed by atoms with E-state index < -0.39 is 0 Å². The third-order valence-corrected chi connectivity index (χ3v) is 11.2. The lowest BCUT2D eigenvalue weighted by Gasteiger charge is -2.62. The molecule has 4 rings (SSSR count). The molecular formula is C29H50O2. The van der Waals surface area contributed by atoms with Gasteiger partial charge in [0.2, 0.25) is 0 Å². The number of esters is 1. The highest BCUT2D eigenvalue weighted by Gasteiger charge is 2.62. The van der Waals surface area contributed by atoms with Crippen LogP contribution in [0.5, 0.6) is 0 Å². The third kappa shape index (κ3) is 4.12. The first-order valence-electron chi connectivity index (χ1n) is 13.8. The number of hydrogen-bond donors (Lipinski definition) is 0. The van der Waals surface area contributed by atoms with Crippen molar-refractivity contribution < 1.29 is 9.53 Å². The number of hydrogen-bond acceptors (Lipinski definition) is 2. The molecule has 4 fully saturated rings. The van der Waals surface area contributed by atoms with Gasteiger partial charge in [-0.15, -0.1) is 0 Å². The van der Waals surface area contributed by atoms with Crippen LogP contribution < -0.4 is 0 Å². The van der Waals surface area contributed by atoms with Crippen LogP contribution in [0, 0.1) is 52.3 Å². The number of ether oxygens (including phenoxy) is 1. The third-order valence-electron chi connectivity index (χ3n) is 11.2. The molecule has 0 aromatic heterocycles. The molecule has 0 aromatic rings. The Balaban J connectivity index is 1.51. The van der Waals surface area contributed by atoms with Crippen molar-refractivity contribution in [1.29, 1.82) is 0 Å². The summed E-state index contributed by atoms with van der Waals surface area (Å²) in [6.07, 6.45) is 16.6. The lowest BCUT2D eigenvalue weighted by molar-refractivity contribution is -0.190. The Hall–Kier alpha value is -0.530. The fourth-order valence-electron chi connectivity index (χ4n) is 9.70. The molecule has 2 nitrogen and oxygen atoms in total. The minimum Gasteiger partial charge on any atom is -0.462 e. The van der Waals surface area contributed by atoms with Crippen molar-refractivity contribution >= 4 is 5.97 Å². The molecule has 9 atom stereocenters. The minimum atomic E-state index is -0.0641. The fraction of sp³-hybridized carbons (Fsp3) is 0.966. The molecule has 31 heavy (non-hydrogen) atoms. The Labute approximate surface area is 192 Å². The second-order valence-electron chi connectivity index (χ2n) is 13.1. The van der Waals surface area contributed by atoms with Crippen LogP contribution in [-0.2, 0) is 9.53 Å². The van der Waals surface area contributed by atoms with Crippen molar-refractivity contribution in [3.63, 3.8) is 0 Å². The lowest BCUT2D eigenvalue weighted by atomic mass is 9.44. The molecule has 4 aliphatic rings. The van der Waals surface area contributed by atoms with Gasteiger partial charge in [-0.25, -0.2) is 0 Å². The Bertz CT molecular complexity index is 641. The first-order valence-corrected chi connectivity index (χ1v) is 13.8. The van der Waals surface area contributed by atoms with E-state index in [1.54, 1.807) is 6.92 Å². The monoisotopic (exact) mass is 430 g/mol. The van der Waals surface area contributed by atoms with Gasteiger partial charge >= 0.3 is 5.97 Å². The predicted molar refractivity (Wildman–Crippen MR) is 129 cm³/mol. The molecule has 0 heterocycles. The SMILES string of the molecule is CC(=O)OC1CCC[C@H]2CC[C@H]3[C@@H]4CC[C@H]([C@H](C)CCCC(C)C)[C@@]4(C)CC[C@@H]3[C@@]12C. The molecule has 1 unspecified atom stereocenters. The second kappa shape index (κ2) is 9.02. The molecular weight excluding hydrogens is 380 g/mol. The van der Waals surface area contributed by atoms with Gasteiger partial charge in [0.25, 0.3) is 0 Å². The number of carbonyl (C=O) groups excluding carboxylic acids is 1. The van der Waals surface area contributed by atoms with Crippen molar-refractivity contribution in [3.8, 4) is 0 Å². The van der Waals surface area contributed by atoms with Crippen LogP contribution in [0.4, 0.5) is 0 Å². The van der Waals surface area contributed by atoms with E-state index in [-0.39, 0.29) is 17.5 Å². The van der Waals surface area contributed by atoms with E-state index in [1.165, 1.54) is 70.6 Å². The van der Waals surface area contributed by atoms with E-state index in [0.717, 1.165) is 47.8 Å². The Morgan fingerprint density at radius 1 is 0.935 bits per heavy atom. The Kier molecular flexibility index (Phi) is 6.87. The quantitative estimate of drug-likeness (QED) is 0.398. The average molecular weight is 431 g/mol. The van der Waals surface area contributed by atoms with Crippen LogP contribution in [0.2, 0.25) is 0 Å². The first-order chi connectivity index (χ1) is 14.7. The molecule has 4 aliphatic carbocycles. The zero-order valence-corrected chi connectivity index (χ0v) is 21.4. The van der Waals surface area contributed by atoms with E-state index in [4.69, 9.17) is 4.74 Å². The van der Waals surface area contributed by atoms with Crippen LogP contribution in [0.1, 0.15) is 119 Å². The van der Waals surface area contributed by atoms with E-state index in [2.05, 4.69) is 34.6 Å². The highest BCUT2D eigenvalue weighted by molar-refractivity contribution is 5.66. The van der Waals surface area contributed by atoms with Gasteiger partial charge in [0.05, 0.1) is 0 Å². The molecule has 0 radical (unpaired) electrons. The summed E-state index contributed by atoms with van der Waals surface area (Å²) >= 11 is 0. The number of carbonyl (C=O) groups is 1. The van der Waals surface area contributed by atoms with Gasteiger partial charge in [0.1, 0.15) is 6.10 Å². The molecule has 0 aliphatic heterocycles. The number of rotatable bonds is 6. The van der Waals surface area contributed by atoms with Gasteiger partial charge in [-0.1, -0.05) is 53.9 Å². The smallest absolute Gasteiger partial charge is 0.302 e. The fourth-order valence-corrected chi connectivity index (χ4v) is 9.70.